The smallest absolute Gasteiger partial charge is 0.0477 e. The lowest BCUT2D eigenvalue weighted by Gasteiger charge is -2.30. The van der Waals surface area contributed by atoms with E-state index in [1.165, 1.54) is 40.7 Å². The van der Waals surface area contributed by atoms with Gasteiger partial charge in [-0.1, -0.05) is 0 Å². The van der Waals surface area contributed by atoms with E-state index in [0.29, 0.717) is 12.1 Å². The van der Waals surface area contributed by atoms with Gasteiger partial charge in [-0.3, -0.25) is 4.90 Å². The van der Waals surface area contributed by atoms with E-state index in [4.69, 9.17) is 4.74 Å². The number of aromatic amines is 1. The monoisotopic (exact) mass is 332 g/mol. The van der Waals surface area contributed by atoms with E-state index in [-0.39, 0.29) is 0 Å². The maximum Gasteiger partial charge on any atom is 0.0477 e. The highest BCUT2D eigenvalue weighted by molar-refractivity contribution is 7.98. The number of hydrogen-bond acceptors (Lipinski definition) is 3. The summed E-state index contributed by atoms with van der Waals surface area (Å²) in [6.45, 7) is 4.43. The highest BCUT2D eigenvalue weighted by atomic mass is 32.2. The summed E-state index contributed by atoms with van der Waals surface area (Å²) in [6, 6.07) is 8.01. The molecule has 1 N–H and O–H groups in total. The minimum absolute atomic E-state index is 0.606. The minimum atomic E-state index is 0.606. The van der Waals surface area contributed by atoms with Gasteiger partial charge in [0.1, 0.15) is 0 Å². The largest absolute Gasteiger partial charge is 0.385 e. The molecule has 1 aliphatic rings. The van der Waals surface area contributed by atoms with Crippen LogP contribution in [0.15, 0.2) is 29.3 Å². The third-order valence-corrected chi connectivity index (χ3v) is 5.88. The van der Waals surface area contributed by atoms with Crippen LogP contribution in [-0.4, -0.2) is 48.5 Å². The Morgan fingerprint density at radius 2 is 2.30 bits per heavy atom. The van der Waals surface area contributed by atoms with Gasteiger partial charge in [-0.25, -0.2) is 0 Å². The van der Waals surface area contributed by atoms with Crippen molar-refractivity contribution in [3.8, 4) is 0 Å². The van der Waals surface area contributed by atoms with Crippen LogP contribution in [-0.2, 0) is 11.2 Å². The van der Waals surface area contributed by atoms with Crippen molar-refractivity contribution >= 4 is 22.7 Å². The molecular formula is C19H28N2OS. The van der Waals surface area contributed by atoms with Crippen molar-refractivity contribution in [3.05, 3.63) is 30.0 Å². The van der Waals surface area contributed by atoms with Gasteiger partial charge >= 0.3 is 0 Å². The quantitative estimate of drug-likeness (QED) is 0.765. The summed E-state index contributed by atoms with van der Waals surface area (Å²) in [6.07, 6.45) is 9.26. The SMILES string of the molecule is COCC[C@@H](C)N1CCC[C@@H]1Cc1c[nH]c2ccc(SC)cc12. The number of nitrogens with one attached hydrogen (secondary N) is 1. The summed E-state index contributed by atoms with van der Waals surface area (Å²) in [5.74, 6) is 0. The lowest BCUT2D eigenvalue weighted by atomic mass is 10.0. The van der Waals surface area contributed by atoms with Gasteiger partial charge in [0.25, 0.3) is 0 Å². The van der Waals surface area contributed by atoms with E-state index < -0.39 is 0 Å². The van der Waals surface area contributed by atoms with Crippen LogP contribution in [0.3, 0.4) is 0 Å². The van der Waals surface area contributed by atoms with Crippen molar-refractivity contribution < 1.29 is 4.74 Å². The number of methoxy groups -OCH3 is 1. The van der Waals surface area contributed by atoms with E-state index in [1.54, 1.807) is 7.11 Å². The zero-order valence-electron chi connectivity index (χ0n) is 14.5. The molecule has 2 aromatic rings. The molecule has 2 heterocycles. The Kier molecular flexibility index (Phi) is 5.67. The number of thioether (sulfide) groups is 1. The summed E-state index contributed by atoms with van der Waals surface area (Å²) < 4.78 is 5.26. The Morgan fingerprint density at radius 3 is 3.09 bits per heavy atom. The molecule has 1 fully saturated rings. The molecule has 0 radical (unpaired) electrons. The number of fused-ring (bicyclic) bond motifs is 1. The van der Waals surface area contributed by atoms with Crippen LogP contribution in [0.4, 0.5) is 0 Å². The zero-order chi connectivity index (χ0) is 16.2. The average Bonchev–Trinajstić information content (AvgIpc) is 3.20. The highest BCUT2D eigenvalue weighted by Gasteiger charge is 2.28. The summed E-state index contributed by atoms with van der Waals surface area (Å²) in [5, 5.41) is 1.40. The Balaban J connectivity index is 1.75. The molecule has 2 atom stereocenters. The number of likely N-dealkylation sites (tertiary alicyclic amines) is 1. The first kappa shape index (κ1) is 16.9. The number of ether oxygens (including phenoxy) is 1. The number of H-pyrrole nitrogens is 1. The number of benzene rings is 1. The third-order valence-electron chi connectivity index (χ3n) is 5.16. The molecule has 126 valence electrons. The lowest BCUT2D eigenvalue weighted by Crippen LogP contribution is -2.39. The van der Waals surface area contributed by atoms with Crippen LogP contribution in [0, 0.1) is 0 Å². The van der Waals surface area contributed by atoms with E-state index in [1.807, 2.05) is 11.8 Å². The molecule has 1 aromatic heterocycles. The Hall–Kier alpha value is -0.970. The van der Waals surface area contributed by atoms with Crippen LogP contribution < -0.4 is 0 Å². The molecule has 3 nitrogen and oxygen atoms in total. The molecule has 0 bridgehead atoms. The van der Waals surface area contributed by atoms with Gasteiger partial charge in [0.05, 0.1) is 0 Å². The second-order valence-electron chi connectivity index (χ2n) is 6.59. The highest BCUT2D eigenvalue weighted by Crippen LogP contribution is 2.29. The van der Waals surface area contributed by atoms with Gasteiger partial charge in [-0.05, 0) is 69.2 Å². The van der Waals surface area contributed by atoms with Crippen molar-refractivity contribution in [3.63, 3.8) is 0 Å². The molecule has 0 spiro atoms. The fourth-order valence-corrected chi connectivity index (χ4v) is 4.26. The van der Waals surface area contributed by atoms with Crippen molar-refractivity contribution in [1.29, 1.82) is 0 Å². The van der Waals surface area contributed by atoms with Gasteiger partial charge in [0, 0.05) is 47.8 Å². The Morgan fingerprint density at radius 1 is 1.43 bits per heavy atom. The summed E-state index contributed by atoms with van der Waals surface area (Å²) in [4.78, 5) is 7.48. The van der Waals surface area contributed by atoms with Gasteiger partial charge < -0.3 is 9.72 Å². The van der Waals surface area contributed by atoms with Crippen LogP contribution >= 0.6 is 11.8 Å². The molecule has 0 saturated carbocycles. The van der Waals surface area contributed by atoms with E-state index in [2.05, 4.69) is 47.5 Å². The first-order valence-electron chi connectivity index (χ1n) is 8.61. The topological polar surface area (TPSA) is 28.3 Å². The fourth-order valence-electron chi connectivity index (χ4n) is 3.82. The van der Waals surface area contributed by atoms with E-state index in [0.717, 1.165) is 19.4 Å². The summed E-state index contributed by atoms with van der Waals surface area (Å²) >= 11 is 1.81. The fraction of sp³-hybridized carbons (Fsp3) is 0.579. The van der Waals surface area contributed by atoms with Crippen LogP contribution in [0.5, 0.6) is 0 Å². The number of hydrogen-bond donors (Lipinski definition) is 1. The predicted octanol–water partition coefficient (Wildman–Crippen LogP) is 4.32. The summed E-state index contributed by atoms with van der Waals surface area (Å²) in [7, 11) is 1.80. The maximum atomic E-state index is 5.26. The second-order valence-corrected chi connectivity index (χ2v) is 7.47. The molecule has 4 heteroatoms. The number of nitrogens with zero attached hydrogens (tertiary/aromatic N) is 1. The first-order valence-corrected chi connectivity index (χ1v) is 9.84. The Labute approximate surface area is 143 Å². The normalized spacial score (nSPS) is 20.4. The van der Waals surface area contributed by atoms with Crippen molar-refractivity contribution in [1.82, 2.24) is 9.88 Å². The van der Waals surface area contributed by atoms with Gasteiger partial charge in [-0.2, -0.15) is 0 Å². The molecule has 0 amide bonds. The Bertz CT molecular complexity index is 639. The predicted molar refractivity (Wildman–Crippen MR) is 99.5 cm³/mol. The second kappa shape index (κ2) is 7.73. The minimum Gasteiger partial charge on any atom is -0.385 e. The van der Waals surface area contributed by atoms with E-state index in [9.17, 15) is 0 Å². The van der Waals surface area contributed by atoms with Crippen LogP contribution in [0.2, 0.25) is 0 Å². The van der Waals surface area contributed by atoms with Crippen LogP contribution in [0.1, 0.15) is 31.7 Å². The van der Waals surface area contributed by atoms with Gasteiger partial charge in [0.15, 0.2) is 0 Å². The van der Waals surface area contributed by atoms with Gasteiger partial charge in [0.2, 0.25) is 0 Å². The molecule has 3 rings (SSSR count). The molecule has 0 unspecified atom stereocenters. The molecular weight excluding hydrogens is 304 g/mol. The molecule has 23 heavy (non-hydrogen) atoms. The third kappa shape index (κ3) is 3.76. The van der Waals surface area contributed by atoms with E-state index >= 15 is 0 Å². The zero-order valence-corrected chi connectivity index (χ0v) is 15.3. The van der Waals surface area contributed by atoms with Crippen molar-refractivity contribution in [2.45, 2.75) is 49.6 Å². The number of rotatable bonds is 7. The standard InChI is InChI=1S/C19H28N2OS/c1-14(8-10-22-2)21-9-4-5-16(21)11-15-13-20-19-7-6-17(23-3)12-18(15)19/h6-7,12-14,16,20H,4-5,8-11H2,1-3H3/t14-,16-/m1/s1. The molecule has 1 saturated heterocycles. The van der Waals surface area contributed by atoms with Crippen LogP contribution in [0.25, 0.3) is 10.9 Å². The summed E-state index contributed by atoms with van der Waals surface area (Å²) in [5.41, 5.74) is 2.72. The molecule has 1 aromatic carbocycles. The molecule has 0 aliphatic carbocycles. The number of aromatic nitrogens is 1. The average molecular weight is 333 g/mol. The van der Waals surface area contributed by atoms with Gasteiger partial charge in [-0.15, -0.1) is 11.8 Å². The van der Waals surface area contributed by atoms with Crippen molar-refractivity contribution in [2.75, 3.05) is 26.5 Å². The molecule has 1 aliphatic heterocycles. The maximum absolute atomic E-state index is 5.26. The first-order chi connectivity index (χ1) is 11.2. The van der Waals surface area contributed by atoms with Crippen molar-refractivity contribution in [2.24, 2.45) is 0 Å². The lowest BCUT2D eigenvalue weighted by molar-refractivity contribution is 0.130.